The van der Waals surface area contributed by atoms with Crippen LogP contribution in [0.3, 0.4) is 0 Å². The average molecular weight is 328 g/mol. The van der Waals surface area contributed by atoms with Crippen LogP contribution in [0.25, 0.3) is 0 Å². The van der Waals surface area contributed by atoms with E-state index in [1.165, 1.54) is 37.7 Å². The fourth-order valence-corrected chi connectivity index (χ4v) is 4.08. The van der Waals surface area contributed by atoms with Crippen molar-refractivity contribution in [2.45, 2.75) is 58.4 Å². The van der Waals surface area contributed by atoms with Crippen LogP contribution in [0.15, 0.2) is 18.2 Å². The van der Waals surface area contributed by atoms with Crippen molar-refractivity contribution in [1.82, 2.24) is 5.32 Å². The number of hydrogen-bond donors (Lipinski definition) is 1. The Morgan fingerprint density at radius 3 is 2.43 bits per heavy atom. The van der Waals surface area contributed by atoms with E-state index in [-0.39, 0.29) is 0 Å². The smallest absolute Gasteiger partial charge is 0.0453 e. The molecule has 0 heterocycles. The molecule has 0 spiro atoms. The fourth-order valence-electron chi connectivity index (χ4n) is 3.59. The number of hydrogen-bond acceptors (Lipinski definition) is 1. The Morgan fingerprint density at radius 2 is 1.86 bits per heavy atom. The monoisotopic (exact) mass is 327 g/mol. The number of likely N-dealkylation sites (N-methyl/N-ethyl adjacent to an activating group) is 1. The summed E-state index contributed by atoms with van der Waals surface area (Å²) in [5, 5.41) is 5.20. The molecule has 3 heteroatoms. The maximum Gasteiger partial charge on any atom is 0.0453 e. The molecule has 1 unspecified atom stereocenters. The van der Waals surface area contributed by atoms with E-state index in [1.54, 1.807) is 0 Å². The molecule has 118 valence electrons. The molecule has 1 aromatic carbocycles. The molecular formula is C18H27Cl2N. The van der Waals surface area contributed by atoms with Crippen molar-refractivity contribution >= 4 is 23.2 Å². The van der Waals surface area contributed by atoms with E-state index >= 15 is 0 Å². The molecule has 1 aromatic rings. The first kappa shape index (κ1) is 17.1. The first-order valence-electron chi connectivity index (χ1n) is 8.31. The van der Waals surface area contributed by atoms with Crippen molar-refractivity contribution in [1.29, 1.82) is 0 Å². The second kappa shape index (κ2) is 8.41. The molecule has 0 saturated heterocycles. The first-order valence-corrected chi connectivity index (χ1v) is 9.06. The topological polar surface area (TPSA) is 12.0 Å². The maximum absolute atomic E-state index is 6.35. The average Bonchev–Trinajstić information content (AvgIpc) is 2.49. The molecule has 0 aliphatic heterocycles. The highest BCUT2D eigenvalue weighted by Gasteiger charge is 2.27. The highest BCUT2D eigenvalue weighted by Crippen LogP contribution is 2.34. The van der Waals surface area contributed by atoms with Crippen LogP contribution in [0, 0.1) is 11.8 Å². The number of benzene rings is 1. The van der Waals surface area contributed by atoms with Crippen molar-refractivity contribution in [2.75, 3.05) is 6.54 Å². The molecule has 1 aliphatic carbocycles. The van der Waals surface area contributed by atoms with Gasteiger partial charge in [0.2, 0.25) is 0 Å². The van der Waals surface area contributed by atoms with E-state index in [0.717, 1.165) is 29.8 Å². The van der Waals surface area contributed by atoms with E-state index < -0.39 is 0 Å². The second-order valence-electron chi connectivity index (χ2n) is 6.29. The summed E-state index contributed by atoms with van der Waals surface area (Å²) in [4.78, 5) is 0. The Hall–Kier alpha value is -0.240. The molecule has 1 saturated carbocycles. The van der Waals surface area contributed by atoms with E-state index in [4.69, 9.17) is 23.2 Å². The molecule has 1 nitrogen and oxygen atoms in total. The van der Waals surface area contributed by atoms with Crippen molar-refractivity contribution < 1.29 is 0 Å². The summed E-state index contributed by atoms with van der Waals surface area (Å²) in [6.45, 7) is 5.53. The summed E-state index contributed by atoms with van der Waals surface area (Å²) in [6.07, 6.45) is 7.81. The lowest BCUT2D eigenvalue weighted by Crippen LogP contribution is -2.39. The van der Waals surface area contributed by atoms with E-state index in [2.05, 4.69) is 25.2 Å². The Kier molecular flexibility index (Phi) is 6.85. The van der Waals surface area contributed by atoms with Crippen LogP contribution < -0.4 is 5.32 Å². The SMILES string of the molecule is CCNC(Cc1ccc(Cl)cc1Cl)C1CCC(CC)CC1. The predicted molar refractivity (Wildman–Crippen MR) is 93.4 cm³/mol. The molecule has 0 amide bonds. The van der Waals surface area contributed by atoms with E-state index in [9.17, 15) is 0 Å². The zero-order valence-corrected chi connectivity index (χ0v) is 14.7. The Bertz CT molecular complexity index is 439. The van der Waals surface area contributed by atoms with Gasteiger partial charge < -0.3 is 5.32 Å². The lowest BCUT2D eigenvalue weighted by atomic mass is 9.76. The summed E-state index contributed by atoms with van der Waals surface area (Å²) in [5.41, 5.74) is 1.21. The van der Waals surface area contributed by atoms with Gasteiger partial charge in [0.05, 0.1) is 0 Å². The molecule has 1 fully saturated rings. The van der Waals surface area contributed by atoms with Crippen LogP contribution in [0.2, 0.25) is 10.0 Å². The van der Waals surface area contributed by atoms with Gasteiger partial charge in [-0.3, -0.25) is 0 Å². The first-order chi connectivity index (χ1) is 10.1. The minimum Gasteiger partial charge on any atom is -0.314 e. The van der Waals surface area contributed by atoms with E-state index in [0.29, 0.717) is 11.1 Å². The number of rotatable bonds is 6. The maximum atomic E-state index is 6.35. The molecule has 1 aliphatic rings. The molecule has 0 radical (unpaired) electrons. The molecule has 1 atom stereocenters. The van der Waals surface area contributed by atoms with Gasteiger partial charge in [-0.05, 0) is 55.3 Å². The van der Waals surface area contributed by atoms with E-state index in [1.807, 2.05) is 12.1 Å². The predicted octanol–water partition coefficient (Wildman–Crippen LogP) is 5.73. The highest BCUT2D eigenvalue weighted by atomic mass is 35.5. The number of halogens is 2. The minimum absolute atomic E-state index is 0.534. The van der Waals surface area contributed by atoms with Gasteiger partial charge >= 0.3 is 0 Å². The van der Waals surface area contributed by atoms with Gasteiger partial charge in [-0.1, -0.05) is 62.4 Å². The van der Waals surface area contributed by atoms with Gasteiger partial charge in [0.1, 0.15) is 0 Å². The van der Waals surface area contributed by atoms with Crippen LogP contribution in [0.5, 0.6) is 0 Å². The van der Waals surface area contributed by atoms with Gasteiger partial charge in [-0.2, -0.15) is 0 Å². The third kappa shape index (κ3) is 4.87. The normalized spacial score (nSPS) is 24.0. The standard InChI is InChI=1S/C18H27Cl2N/c1-3-13-5-7-14(8-6-13)18(21-4-2)11-15-9-10-16(19)12-17(15)20/h9-10,12-14,18,21H,3-8,11H2,1-2H3. The molecule has 2 rings (SSSR count). The highest BCUT2D eigenvalue weighted by molar-refractivity contribution is 6.35. The Labute approximate surface area is 139 Å². The molecule has 21 heavy (non-hydrogen) atoms. The van der Waals surface area contributed by atoms with Gasteiger partial charge in [0.25, 0.3) is 0 Å². The third-order valence-corrected chi connectivity index (χ3v) is 5.55. The Balaban J connectivity index is 2.02. The summed E-state index contributed by atoms with van der Waals surface area (Å²) in [6, 6.07) is 6.41. The Morgan fingerprint density at radius 1 is 1.14 bits per heavy atom. The fraction of sp³-hybridized carbons (Fsp3) is 0.667. The van der Waals surface area contributed by atoms with Crippen LogP contribution in [-0.4, -0.2) is 12.6 Å². The lowest BCUT2D eigenvalue weighted by Gasteiger charge is -2.34. The van der Waals surface area contributed by atoms with Crippen molar-refractivity contribution in [2.24, 2.45) is 11.8 Å². The van der Waals surface area contributed by atoms with Gasteiger partial charge in [0, 0.05) is 16.1 Å². The molecule has 0 aromatic heterocycles. The van der Waals surface area contributed by atoms with Gasteiger partial charge in [-0.15, -0.1) is 0 Å². The van der Waals surface area contributed by atoms with Gasteiger partial charge in [-0.25, -0.2) is 0 Å². The van der Waals surface area contributed by atoms with Gasteiger partial charge in [0.15, 0.2) is 0 Å². The lowest BCUT2D eigenvalue weighted by molar-refractivity contribution is 0.218. The van der Waals surface area contributed by atoms with Crippen molar-refractivity contribution in [3.63, 3.8) is 0 Å². The van der Waals surface area contributed by atoms with Crippen LogP contribution in [0.4, 0.5) is 0 Å². The second-order valence-corrected chi connectivity index (χ2v) is 7.14. The summed E-state index contributed by atoms with van der Waals surface area (Å²) < 4.78 is 0. The molecule has 1 N–H and O–H groups in total. The third-order valence-electron chi connectivity index (χ3n) is 4.96. The largest absolute Gasteiger partial charge is 0.314 e. The zero-order chi connectivity index (χ0) is 15.2. The molecular weight excluding hydrogens is 301 g/mol. The number of nitrogens with one attached hydrogen (secondary N) is 1. The summed E-state index contributed by atoms with van der Waals surface area (Å²) in [5.74, 6) is 1.72. The zero-order valence-electron chi connectivity index (χ0n) is 13.2. The van der Waals surface area contributed by atoms with Crippen LogP contribution in [-0.2, 0) is 6.42 Å². The molecule has 0 bridgehead atoms. The summed E-state index contributed by atoms with van der Waals surface area (Å²) >= 11 is 12.3. The van der Waals surface area contributed by atoms with Crippen molar-refractivity contribution in [3.05, 3.63) is 33.8 Å². The van der Waals surface area contributed by atoms with Crippen LogP contribution in [0.1, 0.15) is 51.5 Å². The van der Waals surface area contributed by atoms with Crippen molar-refractivity contribution in [3.8, 4) is 0 Å². The van der Waals surface area contributed by atoms with Crippen LogP contribution >= 0.6 is 23.2 Å². The summed E-state index contributed by atoms with van der Waals surface area (Å²) in [7, 11) is 0. The minimum atomic E-state index is 0.534. The quantitative estimate of drug-likeness (QED) is 0.703.